The average Bonchev–Trinajstić information content (AvgIpc) is 3.39. The Morgan fingerprint density at radius 1 is 1.10 bits per heavy atom. The molecule has 0 bridgehead atoms. The minimum absolute atomic E-state index is 0.228. The predicted octanol–water partition coefficient (Wildman–Crippen LogP) is 4.52. The van der Waals surface area contributed by atoms with Crippen molar-refractivity contribution in [3.63, 3.8) is 0 Å². The van der Waals surface area contributed by atoms with Crippen LogP contribution in [-0.4, -0.2) is 30.9 Å². The third kappa shape index (κ3) is 5.12. The van der Waals surface area contributed by atoms with Crippen LogP contribution in [0.25, 0.3) is 11.4 Å². The van der Waals surface area contributed by atoms with Gasteiger partial charge in [-0.15, -0.1) is 20.4 Å². The van der Waals surface area contributed by atoms with E-state index in [9.17, 15) is 4.79 Å². The third-order valence-corrected chi connectivity index (χ3v) is 6.97. The molecular weight excluding hydrogens is 452 g/mol. The lowest BCUT2D eigenvalue weighted by Crippen LogP contribution is -2.22. The van der Waals surface area contributed by atoms with Crippen molar-refractivity contribution in [3.8, 4) is 11.4 Å². The first kappa shape index (κ1) is 21.5. The highest BCUT2D eigenvalue weighted by Crippen LogP contribution is 2.29. The molecule has 2 heterocycles. The summed E-state index contributed by atoms with van der Waals surface area (Å²) in [5.41, 5.74) is 3.05. The van der Waals surface area contributed by atoms with Gasteiger partial charge in [-0.05, 0) is 24.6 Å². The molecule has 0 radical (unpaired) electrons. The predicted molar refractivity (Wildman–Crippen MR) is 123 cm³/mol. The van der Waals surface area contributed by atoms with Crippen molar-refractivity contribution in [2.24, 2.45) is 7.05 Å². The quantitative estimate of drug-likeness (QED) is 0.400. The molecule has 2 aromatic heterocycles. The number of benzene rings is 2. The molecule has 0 fully saturated rings. The standard InChI is InChI=1S/C21H19ClN6OS2/c1-13-7-9-14(10-8-13)11-23-19(29)20-26-24-17(31-20)12-30-21-27-25-18(28(21)2)15-5-3-4-6-16(15)22/h3-10H,11-12H2,1-2H3,(H,23,29). The fourth-order valence-electron chi connectivity index (χ4n) is 2.81. The molecule has 1 amide bonds. The molecule has 158 valence electrons. The molecule has 0 spiro atoms. The topological polar surface area (TPSA) is 85.6 Å². The van der Waals surface area contributed by atoms with E-state index in [0.29, 0.717) is 28.2 Å². The van der Waals surface area contributed by atoms with Crippen molar-refractivity contribution in [2.75, 3.05) is 0 Å². The number of nitrogens with one attached hydrogen (secondary N) is 1. The Bertz CT molecular complexity index is 1200. The number of amides is 1. The van der Waals surface area contributed by atoms with Crippen molar-refractivity contribution in [2.45, 2.75) is 24.4 Å². The molecule has 0 aliphatic carbocycles. The summed E-state index contributed by atoms with van der Waals surface area (Å²) in [7, 11) is 1.89. The zero-order chi connectivity index (χ0) is 21.8. The maximum atomic E-state index is 12.4. The van der Waals surface area contributed by atoms with Gasteiger partial charge in [0.15, 0.2) is 11.0 Å². The van der Waals surface area contributed by atoms with E-state index in [0.717, 1.165) is 21.3 Å². The highest BCUT2D eigenvalue weighted by Gasteiger charge is 2.16. The molecule has 0 unspecified atom stereocenters. The monoisotopic (exact) mass is 470 g/mol. The summed E-state index contributed by atoms with van der Waals surface area (Å²) in [5.74, 6) is 1.01. The highest BCUT2D eigenvalue weighted by atomic mass is 35.5. The van der Waals surface area contributed by atoms with Crippen molar-refractivity contribution in [3.05, 3.63) is 74.7 Å². The van der Waals surface area contributed by atoms with Crippen molar-refractivity contribution >= 4 is 40.6 Å². The second-order valence-electron chi connectivity index (χ2n) is 6.80. The summed E-state index contributed by atoms with van der Waals surface area (Å²) < 4.78 is 1.89. The highest BCUT2D eigenvalue weighted by molar-refractivity contribution is 7.98. The van der Waals surface area contributed by atoms with Crippen LogP contribution in [0.5, 0.6) is 0 Å². The second kappa shape index (κ2) is 9.59. The number of aromatic nitrogens is 5. The maximum absolute atomic E-state index is 12.4. The Morgan fingerprint density at radius 3 is 2.65 bits per heavy atom. The van der Waals surface area contributed by atoms with Crippen LogP contribution in [-0.2, 0) is 19.3 Å². The number of hydrogen-bond donors (Lipinski definition) is 1. The smallest absolute Gasteiger partial charge is 0.282 e. The third-order valence-electron chi connectivity index (χ3n) is 4.51. The van der Waals surface area contributed by atoms with Gasteiger partial charge < -0.3 is 9.88 Å². The van der Waals surface area contributed by atoms with Gasteiger partial charge in [0.2, 0.25) is 5.01 Å². The Hall–Kier alpha value is -2.75. The largest absolute Gasteiger partial charge is 0.346 e. The van der Waals surface area contributed by atoms with Crippen LogP contribution in [0.15, 0.2) is 53.7 Å². The first-order valence-electron chi connectivity index (χ1n) is 9.44. The van der Waals surface area contributed by atoms with E-state index < -0.39 is 0 Å². The van der Waals surface area contributed by atoms with E-state index in [1.807, 2.05) is 67.1 Å². The number of carbonyl (C=O) groups is 1. The van der Waals surface area contributed by atoms with E-state index >= 15 is 0 Å². The number of rotatable bonds is 7. The lowest BCUT2D eigenvalue weighted by molar-refractivity contribution is 0.0950. The Labute approximate surface area is 192 Å². The van der Waals surface area contributed by atoms with E-state index in [4.69, 9.17) is 11.6 Å². The molecular formula is C21H19ClN6OS2. The molecule has 10 heteroatoms. The van der Waals surface area contributed by atoms with Gasteiger partial charge in [-0.2, -0.15) is 0 Å². The summed E-state index contributed by atoms with van der Waals surface area (Å²) in [5, 5.41) is 22.0. The van der Waals surface area contributed by atoms with Gasteiger partial charge >= 0.3 is 0 Å². The van der Waals surface area contributed by atoms with Crippen molar-refractivity contribution in [1.82, 2.24) is 30.3 Å². The van der Waals surface area contributed by atoms with Crippen molar-refractivity contribution < 1.29 is 4.79 Å². The molecule has 0 aliphatic heterocycles. The summed E-state index contributed by atoms with van der Waals surface area (Å²) >= 11 is 9.03. The normalized spacial score (nSPS) is 10.9. The van der Waals surface area contributed by atoms with Gasteiger partial charge in [0.1, 0.15) is 5.01 Å². The number of thioether (sulfide) groups is 1. The van der Waals surface area contributed by atoms with E-state index in [-0.39, 0.29) is 5.91 Å². The molecule has 7 nitrogen and oxygen atoms in total. The molecule has 31 heavy (non-hydrogen) atoms. The lowest BCUT2D eigenvalue weighted by Gasteiger charge is -2.04. The molecule has 4 rings (SSSR count). The summed E-state index contributed by atoms with van der Waals surface area (Å²) in [4.78, 5) is 12.4. The van der Waals surface area contributed by atoms with E-state index in [1.54, 1.807) is 0 Å². The summed E-state index contributed by atoms with van der Waals surface area (Å²) in [6.07, 6.45) is 0. The van der Waals surface area contributed by atoms with Gasteiger partial charge in [-0.3, -0.25) is 4.79 Å². The Kier molecular flexibility index (Phi) is 6.64. The van der Waals surface area contributed by atoms with Crippen LogP contribution in [0.1, 0.15) is 25.9 Å². The van der Waals surface area contributed by atoms with Gasteiger partial charge in [0.25, 0.3) is 5.91 Å². The number of nitrogens with zero attached hydrogens (tertiary/aromatic N) is 5. The average molecular weight is 471 g/mol. The number of halogens is 1. The summed E-state index contributed by atoms with van der Waals surface area (Å²) in [6, 6.07) is 15.6. The molecule has 0 aliphatic rings. The number of carbonyl (C=O) groups excluding carboxylic acids is 1. The molecule has 0 atom stereocenters. The lowest BCUT2D eigenvalue weighted by atomic mass is 10.1. The van der Waals surface area contributed by atoms with E-state index in [1.165, 1.54) is 28.7 Å². The Morgan fingerprint density at radius 2 is 1.87 bits per heavy atom. The van der Waals surface area contributed by atoms with Gasteiger partial charge in [-0.1, -0.05) is 76.7 Å². The van der Waals surface area contributed by atoms with Crippen LogP contribution in [0.2, 0.25) is 5.02 Å². The minimum atomic E-state index is -0.228. The molecule has 1 N–H and O–H groups in total. The van der Waals surface area contributed by atoms with Crippen LogP contribution in [0.4, 0.5) is 0 Å². The van der Waals surface area contributed by atoms with Crippen LogP contribution < -0.4 is 5.32 Å². The fourth-order valence-corrected chi connectivity index (χ4v) is 4.68. The van der Waals surface area contributed by atoms with Crippen LogP contribution in [0, 0.1) is 6.92 Å². The number of hydrogen-bond acceptors (Lipinski definition) is 7. The first-order chi connectivity index (χ1) is 15.0. The van der Waals surface area contributed by atoms with Crippen molar-refractivity contribution in [1.29, 1.82) is 0 Å². The molecule has 0 saturated heterocycles. The second-order valence-corrected chi connectivity index (χ2v) is 9.21. The maximum Gasteiger partial charge on any atom is 0.282 e. The zero-order valence-corrected chi connectivity index (χ0v) is 19.3. The molecule has 2 aromatic carbocycles. The van der Waals surface area contributed by atoms with Crippen LogP contribution in [0.3, 0.4) is 0 Å². The minimum Gasteiger partial charge on any atom is -0.346 e. The van der Waals surface area contributed by atoms with E-state index in [2.05, 4.69) is 25.7 Å². The van der Waals surface area contributed by atoms with Gasteiger partial charge in [0, 0.05) is 19.2 Å². The first-order valence-corrected chi connectivity index (χ1v) is 11.6. The molecule has 4 aromatic rings. The fraction of sp³-hybridized carbons (Fsp3) is 0.190. The van der Waals surface area contributed by atoms with Crippen LogP contribution >= 0.6 is 34.7 Å². The van der Waals surface area contributed by atoms with Gasteiger partial charge in [0.05, 0.1) is 10.8 Å². The molecule has 0 saturated carbocycles. The summed E-state index contributed by atoms with van der Waals surface area (Å²) in [6.45, 7) is 2.48. The van der Waals surface area contributed by atoms with Gasteiger partial charge in [-0.25, -0.2) is 0 Å². The Balaban J connectivity index is 1.36. The number of aryl methyl sites for hydroxylation is 1. The SMILES string of the molecule is Cc1ccc(CNC(=O)c2nnc(CSc3nnc(-c4ccccc4Cl)n3C)s2)cc1. The zero-order valence-electron chi connectivity index (χ0n) is 16.9.